The first kappa shape index (κ1) is 16.0. The topological polar surface area (TPSA) is 87.9 Å². The fourth-order valence-corrected chi connectivity index (χ4v) is 2.89. The average molecular weight is 324 g/mol. The van der Waals surface area contributed by atoms with Gasteiger partial charge in [-0.15, -0.1) is 0 Å². The van der Waals surface area contributed by atoms with Crippen molar-refractivity contribution in [3.8, 4) is 22.7 Å². The van der Waals surface area contributed by atoms with Gasteiger partial charge in [-0.05, 0) is 44.5 Å². The molecule has 0 atom stereocenters. The van der Waals surface area contributed by atoms with Crippen molar-refractivity contribution < 1.29 is 9.63 Å². The number of hydrogen-bond acceptors (Lipinski definition) is 5. The summed E-state index contributed by atoms with van der Waals surface area (Å²) in [5, 5.41) is 26.2. The van der Waals surface area contributed by atoms with Crippen LogP contribution in [-0.2, 0) is 6.42 Å². The summed E-state index contributed by atoms with van der Waals surface area (Å²) in [5.74, 6) is 0.893. The zero-order valence-electron chi connectivity index (χ0n) is 14.0. The first-order valence-electron chi connectivity index (χ1n) is 7.91. The maximum absolute atomic E-state index is 9.54. The third-order valence-electron chi connectivity index (χ3n) is 3.99. The molecular formula is C18H20N4O2. The molecule has 3 aromatic rings. The molecule has 124 valence electrons. The number of rotatable bonds is 5. The van der Waals surface area contributed by atoms with Crippen LogP contribution in [0.1, 0.15) is 36.1 Å². The minimum absolute atomic E-state index is 0.200. The number of phenols is 1. The highest BCUT2D eigenvalue weighted by atomic mass is 16.5. The van der Waals surface area contributed by atoms with E-state index < -0.39 is 0 Å². The highest BCUT2D eigenvalue weighted by molar-refractivity contribution is 5.90. The summed E-state index contributed by atoms with van der Waals surface area (Å²) in [6.45, 7) is 5.83. The van der Waals surface area contributed by atoms with Crippen LogP contribution >= 0.6 is 0 Å². The van der Waals surface area contributed by atoms with Gasteiger partial charge in [0.2, 0.25) is 0 Å². The Morgan fingerprint density at radius 1 is 1.25 bits per heavy atom. The number of aromatic nitrogens is 3. The summed E-state index contributed by atoms with van der Waals surface area (Å²) in [5.41, 5.74) is 4.88. The number of phenolic OH excluding ortho intramolecular Hbond substituents is 1. The first-order valence-corrected chi connectivity index (χ1v) is 7.91. The van der Waals surface area contributed by atoms with Gasteiger partial charge in [0.15, 0.2) is 0 Å². The fourth-order valence-electron chi connectivity index (χ4n) is 2.89. The Morgan fingerprint density at radius 3 is 2.50 bits per heavy atom. The van der Waals surface area contributed by atoms with Gasteiger partial charge in [-0.3, -0.25) is 0 Å². The number of nitrogens with one attached hydrogen (secondary N) is 1. The zero-order valence-corrected chi connectivity index (χ0v) is 14.0. The fraction of sp³-hybridized carbons (Fsp3) is 0.278. The molecule has 0 aliphatic rings. The average Bonchev–Trinajstić information content (AvgIpc) is 3.08. The van der Waals surface area contributed by atoms with Gasteiger partial charge in [0, 0.05) is 11.8 Å². The van der Waals surface area contributed by atoms with E-state index in [-0.39, 0.29) is 5.75 Å². The van der Waals surface area contributed by atoms with Gasteiger partial charge in [0.05, 0.1) is 28.3 Å². The summed E-state index contributed by atoms with van der Waals surface area (Å²) in [7, 11) is 0. The maximum Gasteiger partial charge on any atom is 0.143 e. The number of aromatic hydroxyl groups is 1. The summed E-state index contributed by atoms with van der Waals surface area (Å²) in [6.07, 6.45) is 3.07. The van der Waals surface area contributed by atoms with E-state index >= 15 is 0 Å². The van der Waals surface area contributed by atoms with E-state index in [1.807, 2.05) is 13.8 Å². The lowest BCUT2D eigenvalue weighted by Gasteiger charge is -2.08. The van der Waals surface area contributed by atoms with E-state index in [0.717, 1.165) is 46.7 Å². The van der Waals surface area contributed by atoms with Crippen molar-refractivity contribution in [2.24, 2.45) is 0 Å². The van der Waals surface area contributed by atoms with Crippen LogP contribution in [0.15, 0.2) is 28.8 Å². The van der Waals surface area contributed by atoms with Crippen LogP contribution in [0.3, 0.4) is 0 Å². The SMILES string of the molecule is CCCc1nn(-c2ccc(O)cc2)c(-c2c(C)noc2C)c1C=N. The van der Waals surface area contributed by atoms with Gasteiger partial charge in [-0.25, -0.2) is 4.68 Å². The van der Waals surface area contributed by atoms with Crippen LogP contribution in [0.2, 0.25) is 0 Å². The van der Waals surface area contributed by atoms with E-state index in [9.17, 15) is 5.11 Å². The second-order valence-corrected chi connectivity index (χ2v) is 5.73. The molecule has 0 bridgehead atoms. The Hall–Kier alpha value is -2.89. The quantitative estimate of drug-likeness (QED) is 0.699. The highest BCUT2D eigenvalue weighted by Gasteiger charge is 2.24. The lowest BCUT2D eigenvalue weighted by molar-refractivity contribution is 0.393. The van der Waals surface area contributed by atoms with Crippen molar-refractivity contribution in [2.75, 3.05) is 0 Å². The molecule has 0 saturated carbocycles. The van der Waals surface area contributed by atoms with Crippen LogP contribution < -0.4 is 0 Å². The lowest BCUT2D eigenvalue weighted by Crippen LogP contribution is -2.01. The summed E-state index contributed by atoms with van der Waals surface area (Å²) < 4.78 is 7.13. The molecule has 6 nitrogen and oxygen atoms in total. The van der Waals surface area contributed by atoms with Crippen LogP contribution in [0, 0.1) is 19.3 Å². The second kappa shape index (κ2) is 6.31. The monoisotopic (exact) mass is 324 g/mol. The largest absolute Gasteiger partial charge is 0.508 e. The molecule has 2 aromatic heterocycles. The van der Waals surface area contributed by atoms with Crippen molar-refractivity contribution in [1.29, 1.82) is 5.41 Å². The van der Waals surface area contributed by atoms with Crippen LogP contribution in [0.4, 0.5) is 0 Å². The Bertz CT molecular complexity index is 856. The third kappa shape index (κ3) is 2.60. The number of benzene rings is 1. The van der Waals surface area contributed by atoms with Gasteiger partial charge in [-0.1, -0.05) is 18.5 Å². The minimum Gasteiger partial charge on any atom is -0.508 e. The highest BCUT2D eigenvalue weighted by Crippen LogP contribution is 2.33. The van der Waals surface area contributed by atoms with Gasteiger partial charge in [-0.2, -0.15) is 5.10 Å². The predicted octanol–water partition coefficient (Wildman–Crippen LogP) is 3.80. The Morgan fingerprint density at radius 2 is 1.96 bits per heavy atom. The van der Waals surface area contributed by atoms with Crippen molar-refractivity contribution >= 4 is 6.21 Å². The molecule has 0 spiro atoms. The molecular weight excluding hydrogens is 304 g/mol. The molecule has 3 rings (SSSR count). The zero-order chi connectivity index (χ0) is 17.3. The maximum atomic E-state index is 9.54. The lowest BCUT2D eigenvalue weighted by atomic mass is 10.0. The summed E-state index contributed by atoms with van der Waals surface area (Å²) in [4.78, 5) is 0. The standard InChI is InChI=1S/C18H20N4O2/c1-4-5-16-15(10-19)18(17-11(2)21-24-12(17)3)22(20-16)13-6-8-14(23)9-7-13/h6-10,19,23H,4-5H2,1-3H3. The van der Waals surface area contributed by atoms with Gasteiger partial charge < -0.3 is 15.0 Å². The Kier molecular flexibility index (Phi) is 4.20. The van der Waals surface area contributed by atoms with Gasteiger partial charge in [0.25, 0.3) is 0 Å². The van der Waals surface area contributed by atoms with E-state index in [1.165, 1.54) is 6.21 Å². The van der Waals surface area contributed by atoms with Crippen molar-refractivity contribution in [3.63, 3.8) is 0 Å². The normalized spacial score (nSPS) is 11.0. The van der Waals surface area contributed by atoms with E-state index in [0.29, 0.717) is 5.76 Å². The van der Waals surface area contributed by atoms with Crippen LogP contribution in [0.5, 0.6) is 5.75 Å². The van der Waals surface area contributed by atoms with E-state index in [1.54, 1.807) is 28.9 Å². The van der Waals surface area contributed by atoms with Crippen molar-refractivity contribution in [3.05, 3.63) is 47.0 Å². The molecule has 0 aliphatic heterocycles. The van der Waals surface area contributed by atoms with Crippen molar-refractivity contribution in [2.45, 2.75) is 33.6 Å². The molecule has 2 heterocycles. The number of hydrogen-bond donors (Lipinski definition) is 2. The third-order valence-corrected chi connectivity index (χ3v) is 3.99. The molecule has 0 radical (unpaired) electrons. The molecule has 0 fully saturated rings. The molecule has 24 heavy (non-hydrogen) atoms. The predicted molar refractivity (Wildman–Crippen MR) is 92.1 cm³/mol. The van der Waals surface area contributed by atoms with Gasteiger partial charge >= 0.3 is 0 Å². The van der Waals surface area contributed by atoms with E-state index in [2.05, 4.69) is 12.1 Å². The second-order valence-electron chi connectivity index (χ2n) is 5.73. The Labute approximate surface area is 140 Å². The van der Waals surface area contributed by atoms with Crippen molar-refractivity contribution in [1.82, 2.24) is 14.9 Å². The summed E-state index contributed by atoms with van der Waals surface area (Å²) in [6, 6.07) is 6.84. The van der Waals surface area contributed by atoms with Crippen LogP contribution in [-0.4, -0.2) is 26.3 Å². The number of nitrogens with zero attached hydrogens (tertiary/aromatic N) is 3. The molecule has 2 N–H and O–H groups in total. The van der Waals surface area contributed by atoms with Crippen LogP contribution in [0.25, 0.3) is 16.9 Å². The molecule has 6 heteroatoms. The molecule has 0 amide bonds. The smallest absolute Gasteiger partial charge is 0.143 e. The minimum atomic E-state index is 0.200. The van der Waals surface area contributed by atoms with E-state index in [4.69, 9.17) is 15.0 Å². The molecule has 0 unspecified atom stereocenters. The molecule has 0 aliphatic carbocycles. The first-order chi connectivity index (χ1) is 11.6. The molecule has 0 saturated heterocycles. The molecule has 1 aromatic carbocycles. The Balaban J connectivity index is 2.32. The van der Waals surface area contributed by atoms with Gasteiger partial charge in [0.1, 0.15) is 11.5 Å². The summed E-state index contributed by atoms with van der Waals surface area (Å²) >= 11 is 0. The number of aryl methyl sites for hydroxylation is 3.